The summed E-state index contributed by atoms with van der Waals surface area (Å²) in [6, 6.07) is 7.71. The molecule has 1 amide bonds. The zero-order valence-electron chi connectivity index (χ0n) is 10.9. The lowest BCUT2D eigenvalue weighted by molar-refractivity contribution is 0.0959. The molecule has 0 saturated heterocycles. The van der Waals surface area contributed by atoms with Gasteiger partial charge in [-0.15, -0.1) is 11.3 Å². The SMILES string of the molecule is CCC(CC)=NNC(=O)c1sc2ccccc2c1Cl. The highest BCUT2D eigenvalue weighted by atomic mass is 35.5. The van der Waals surface area contributed by atoms with Gasteiger partial charge in [-0.1, -0.05) is 43.6 Å². The van der Waals surface area contributed by atoms with Crippen molar-refractivity contribution in [3.8, 4) is 0 Å². The Balaban J connectivity index is 2.27. The molecule has 3 nitrogen and oxygen atoms in total. The fraction of sp³-hybridized carbons (Fsp3) is 0.286. The third kappa shape index (κ3) is 2.96. The van der Waals surface area contributed by atoms with Gasteiger partial charge in [0.05, 0.1) is 5.02 Å². The van der Waals surface area contributed by atoms with E-state index in [1.807, 2.05) is 38.1 Å². The summed E-state index contributed by atoms with van der Waals surface area (Å²) >= 11 is 7.62. The normalized spacial score (nSPS) is 10.5. The molecule has 100 valence electrons. The van der Waals surface area contributed by atoms with E-state index in [9.17, 15) is 4.79 Å². The minimum atomic E-state index is -0.245. The zero-order chi connectivity index (χ0) is 13.8. The van der Waals surface area contributed by atoms with Crippen LogP contribution in [0.3, 0.4) is 0 Å². The summed E-state index contributed by atoms with van der Waals surface area (Å²) < 4.78 is 1.01. The molecule has 1 heterocycles. The Morgan fingerprint density at radius 1 is 1.32 bits per heavy atom. The van der Waals surface area contributed by atoms with Crippen LogP contribution in [0.4, 0.5) is 0 Å². The Labute approximate surface area is 121 Å². The number of halogens is 1. The van der Waals surface area contributed by atoms with E-state index >= 15 is 0 Å². The Bertz CT molecular complexity index is 627. The number of hydrogen-bond acceptors (Lipinski definition) is 3. The van der Waals surface area contributed by atoms with E-state index in [1.165, 1.54) is 11.3 Å². The molecule has 1 N–H and O–H groups in total. The first-order chi connectivity index (χ1) is 9.17. The summed E-state index contributed by atoms with van der Waals surface area (Å²) in [5, 5.41) is 5.53. The Hall–Kier alpha value is -1.39. The average Bonchev–Trinajstić information content (AvgIpc) is 2.78. The average molecular weight is 295 g/mol. The van der Waals surface area contributed by atoms with Gasteiger partial charge in [-0.05, 0) is 18.9 Å². The van der Waals surface area contributed by atoms with E-state index in [0.29, 0.717) is 9.90 Å². The van der Waals surface area contributed by atoms with Crippen LogP contribution in [-0.2, 0) is 0 Å². The van der Waals surface area contributed by atoms with Crippen LogP contribution in [0.5, 0.6) is 0 Å². The molecule has 0 aliphatic heterocycles. The highest BCUT2D eigenvalue weighted by Gasteiger charge is 2.16. The molecule has 0 aliphatic rings. The van der Waals surface area contributed by atoms with Crippen molar-refractivity contribution < 1.29 is 4.79 Å². The molecule has 2 rings (SSSR count). The standard InChI is InChI=1S/C14H15ClN2OS/c1-3-9(4-2)16-17-14(18)13-12(15)10-7-5-6-8-11(10)19-13/h5-8H,3-4H2,1-2H3,(H,17,18). The van der Waals surface area contributed by atoms with Crippen molar-refractivity contribution in [1.29, 1.82) is 0 Å². The van der Waals surface area contributed by atoms with Gasteiger partial charge in [0.2, 0.25) is 0 Å². The van der Waals surface area contributed by atoms with Crippen LogP contribution in [0.1, 0.15) is 36.4 Å². The second-order valence-electron chi connectivity index (χ2n) is 4.07. The van der Waals surface area contributed by atoms with Crippen LogP contribution in [0, 0.1) is 0 Å². The molecule has 5 heteroatoms. The number of carbonyl (C=O) groups excluding carboxylic acids is 1. The number of fused-ring (bicyclic) bond motifs is 1. The van der Waals surface area contributed by atoms with Crippen LogP contribution in [-0.4, -0.2) is 11.6 Å². The summed E-state index contributed by atoms with van der Waals surface area (Å²) in [5.74, 6) is -0.245. The van der Waals surface area contributed by atoms with Crippen molar-refractivity contribution in [3.63, 3.8) is 0 Å². The van der Waals surface area contributed by atoms with E-state index < -0.39 is 0 Å². The summed E-state index contributed by atoms with van der Waals surface area (Å²) in [7, 11) is 0. The Morgan fingerprint density at radius 3 is 2.63 bits per heavy atom. The number of amides is 1. The monoisotopic (exact) mass is 294 g/mol. The maximum atomic E-state index is 12.1. The highest BCUT2D eigenvalue weighted by molar-refractivity contribution is 7.21. The van der Waals surface area contributed by atoms with Crippen LogP contribution >= 0.6 is 22.9 Å². The molecule has 0 fully saturated rings. The molecule has 0 aliphatic carbocycles. The van der Waals surface area contributed by atoms with E-state index in [2.05, 4.69) is 10.5 Å². The van der Waals surface area contributed by atoms with Gasteiger partial charge in [0, 0.05) is 15.8 Å². The largest absolute Gasteiger partial charge is 0.283 e. The number of nitrogens with zero attached hydrogens (tertiary/aromatic N) is 1. The Morgan fingerprint density at radius 2 is 2.00 bits per heavy atom. The molecule has 2 aromatic rings. The maximum Gasteiger partial charge on any atom is 0.283 e. The van der Waals surface area contributed by atoms with Gasteiger partial charge in [-0.25, -0.2) is 5.43 Å². The van der Waals surface area contributed by atoms with E-state index in [4.69, 9.17) is 11.6 Å². The van der Waals surface area contributed by atoms with Gasteiger partial charge in [0.1, 0.15) is 4.88 Å². The van der Waals surface area contributed by atoms with Crippen molar-refractivity contribution in [2.45, 2.75) is 26.7 Å². The molecule has 19 heavy (non-hydrogen) atoms. The van der Waals surface area contributed by atoms with Gasteiger partial charge >= 0.3 is 0 Å². The van der Waals surface area contributed by atoms with E-state index in [0.717, 1.165) is 28.6 Å². The van der Waals surface area contributed by atoms with Gasteiger partial charge < -0.3 is 0 Å². The molecule has 1 aromatic heterocycles. The number of thiophene rings is 1. The molecule has 0 spiro atoms. The first kappa shape index (κ1) is 14.0. The predicted molar refractivity (Wildman–Crippen MR) is 82.3 cm³/mol. The zero-order valence-corrected chi connectivity index (χ0v) is 12.4. The number of hydrogen-bond donors (Lipinski definition) is 1. The van der Waals surface area contributed by atoms with Crippen molar-refractivity contribution >= 4 is 44.6 Å². The molecule has 1 aromatic carbocycles. The number of benzene rings is 1. The first-order valence-electron chi connectivity index (χ1n) is 6.20. The van der Waals surface area contributed by atoms with Crippen molar-refractivity contribution in [1.82, 2.24) is 5.43 Å². The smallest absolute Gasteiger partial charge is 0.266 e. The molecule has 0 radical (unpaired) electrons. The molecule has 0 bridgehead atoms. The molecule has 0 atom stereocenters. The van der Waals surface area contributed by atoms with Gasteiger partial charge in [0.25, 0.3) is 5.91 Å². The third-order valence-electron chi connectivity index (χ3n) is 2.87. The summed E-state index contributed by atoms with van der Waals surface area (Å²) in [6.45, 7) is 4.03. The molecular weight excluding hydrogens is 280 g/mol. The summed E-state index contributed by atoms with van der Waals surface area (Å²) in [5.41, 5.74) is 3.54. The maximum absolute atomic E-state index is 12.1. The van der Waals surface area contributed by atoms with E-state index in [1.54, 1.807) is 0 Å². The lowest BCUT2D eigenvalue weighted by Gasteiger charge is -2.01. The van der Waals surface area contributed by atoms with Crippen LogP contribution < -0.4 is 5.43 Å². The highest BCUT2D eigenvalue weighted by Crippen LogP contribution is 2.34. The number of hydrazone groups is 1. The van der Waals surface area contributed by atoms with Crippen LogP contribution in [0.2, 0.25) is 5.02 Å². The Kier molecular flexibility index (Phi) is 4.56. The second-order valence-corrected chi connectivity index (χ2v) is 5.50. The lowest BCUT2D eigenvalue weighted by atomic mass is 10.2. The minimum Gasteiger partial charge on any atom is -0.266 e. The lowest BCUT2D eigenvalue weighted by Crippen LogP contribution is -2.18. The minimum absolute atomic E-state index is 0.245. The van der Waals surface area contributed by atoms with Crippen molar-refractivity contribution in [3.05, 3.63) is 34.2 Å². The molecular formula is C14H15ClN2OS. The summed E-state index contributed by atoms with van der Waals surface area (Å²) in [6.07, 6.45) is 1.66. The van der Waals surface area contributed by atoms with Gasteiger partial charge in [0.15, 0.2) is 0 Å². The topological polar surface area (TPSA) is 41.5 Å². The third-order valence-corrected chi connectivity index (χ3v) is 4.55. The molecule has 0 unspecified atom stereocenters. The quantitative estimate of drug-likeness (QED) is 0.656. The van der Waals surface area contributed by atoms with Crippen LogP contribution in [0.25, 0.3) is 10.1 Å². The second kappa shape index (κ2) is 6.17. The van der Waals surface area contributed by atoms with E-state index in [-0.39, 0.29) is 5.91 Å². The summed E-state index contributed by atoms with van der Waals surface area (Å²) in [4.78, 5) is 12.6. The number of nitrogens with one attached hydrogen (secondary N) is 1. The van der Waals surface area contributed by atoms with Gasteiger partial charge in [-0.2, -0.15) is 5.10 Å². The fourth-order valence-corrected chi connectivity index (χ4v) is 3.16. The fourth-order valence-electron chi connectivity index (χ4n) is 1.75. The number of rotatable bonds is 4. The predicted octanol–water partition coefficient (Wildman–Crippen LogP) is 4.46. The van der Waals surface area contributed by atoms with Crippen LogP contribution in [0.15, 0.2) is 29.4 Å². The van der Waals surface area contributed by atoms with Crippen molar-refractivity contribution in [2.24, 2.45) is 5.10 Å². The molecule has 0 saturated carbocycles. The number of carbonyl (C=O) groups is 1. The van der Waals surface area contributed by atoms with Gasteiger partial charge in [-0.3, -0.25) is 4.79 Å². The van der Waals surface area contributed by atoms with Crippen molar-refractivity contribution in [2.75, 3.05) is 0 Å². The first-order valence-corrected chi connectivity index (χ1v) is 7.39.